The van der Waals surface area contributed by atoms with Crippen molar-refractivity contribution in [3.05, 3.63) is 36.7 Å². The van der Waals surface area contributed by atoms with E-state index in [1.807, 2.05) is 0 Å². The highest BCUT2D eigenvalue weighted by atomic mass is 16.4. The molecule has 5 heteroatoms. The number of aliphatic carboxylic acids is 1. The molecule has 0 atom stereocenters. The van der Waals surface area contributed by atoms with Crippen LogP contribution in [0, 0.1) is 0 Å². The maximum absolute atomic E-state index is 11.4. The number of anilines is 1. The number of carbonyl (C=O) groups is 2. The summed E-state index contributed by atoms with van der Waals surface area (Å²) in [6.45, 7) is 0. The predicted molar refractivity (Wildman–Crippen MR) is 54.4 cm³/mol. The highest BCUT2D eigenvalue weighted by Gasteiger charge is 2.07. The average Bonchev–Trinajstić information content (AvgIpc) is 2.26. The van der Waals surface area contributed by atoms with Gasteiger partial charge in [-0.3, -0.25) is 9.78 Å². The number of carboxylic acids is 1. The normalized spacial score (nSPS) is 10.2. The number of aromatic nitrogens is 1. The zero-order valence-electron chi connectivity index (χ0n) is 8.12. The largest absolute Gasteiger partial charge is 0.478 e. The molecule has 1 aromatic heterocycles. The van der Waals surface area contributed by atoms with E-state index in [1.54, 1.807) is 25.4 Å². The third-order valence-electron chi connectivity index (χ3n) is 1.73. The second kappa shape index (κ2) is 4.90. The molecule has 78 valence electrons. The number of hydrogen-bond acceptors (Lipinski definition) is 3. The third kappa shape index (κ3) is 3.22. The predicted octanol–water partition coefficient (Wildman–Crippen LogP) is 0.685. The molecule has 1 rings (SSSR count). The van der Waals surface area contributed by atoms with Crippen LogP contribution in [0.4, 0.5) is 5.69 Å². The number of nitrogens with zero attached hydrogens (tertiary/aromatic N) is 2. The van der Waals surface area contributed by atoms with E-state index in [1.165, 1.54) is 11.1 Å². The van der Waals surface area contributed by atoms with E-state index < -0.39 is 11.9 Å². The van der Waals surface area contributed by atoms with Gasteiger partial charge < -0.3 is 10.0 Å². The second-order valence-electron chi connectivity index (χ2n) is 2.78. The Balaban J connectivity index is 2.74. The van der Waals surface area contributed by atoms with E-state index in [-0.39, 0.29) is 0 Å². The van der Waals surface area contributed by atoms with Crippen LogP contribution in [0.1, 0.15) is 0 Å². The minimum Gasteiger partial charge on any atom is -0.478 e. The molecular formula is C10H10N2O3. The fourth-order valence-electron chi connectivity index (χ4n) is 0.934. The molecule has 1 amide bonds. The van der Waals surface area contributed by atoms with Gasteiger partial charge in [0.2, 0.25) is 0 Å². The Labute approximate surface area is 86.7 Å². The second-order valence-corrected chi connectivity index (χ2v) is 2.78. The van der Waals surface area contributed by atoms with Crippen molar-refractivity contribution in [3.63, 3.8) is 0 Å². The van der Waals surface area contributed by atoms with Gasteiger partial charge >= 0.3 is 5.97 Å². The topological polar surface area (TPSA) is 70.5 Å². The average molecular weight is 206 g/mol. The summed E-state index contributed by atoms with van der Waals surface area (Å²) in [5.74, 6) is -1.56. The van der Waals surface area contributed by atoms with Crippen LogP contribution < -0.4 is 4.90 Å². The lowest BCUT2D eigenvalue weighted by atomic mass is 10.3. The van der Waals surface area contributed by atoms with Crippen LogP contribution in [0.5, 0.6) is 0 Å². The molecule has 0 bridgehead atoms. The zero-order chi connectivity index (χ0) is 11.3. The van der Waals surface area contributed by atoms with Crippen molar-refractivity contribution >= 4 is 17.6 Å². The van der Waals surface area contributed by atoms with Gasteiger partial charge in [0.25, 0.3) is 5.91 Å². The monoisotopic (exact) mass is 206 g/mol. The van der Waals surface area contributed by atoms with E-state index in [9.17, 15) is 9.59 Å². The standard InChI is InChI=1S/C10H10N2O3/c1-12(8-3-2-6-11-7-8)9(13)4-5-10(14)15/h2-7H,1H3,(H,14,15)/b5-4-. The maximum atomic E-state index is 11.4. The number of hydrogen-bond donors (Lipinski definition) is 1. The molecule has 0 fully saturated rings. The van der Waals surface area contributed by atoms with Crippen LogP contribution in [-0.4, -0.2) is 29.0 Å². The van der Waals surface area contributed by atoms with E-state index in [2.05, 4.69) is 4.98 Å². The van der Waals surface area contributed by atoms with Gasteiger partial charge in [0.1, 0.15) is 0 Å². The molecule has 1 N–H and O–H groups in total. The van der Waals surface area contributed by atoms with Crippen LogP contribution in [0.25, 0.3) is 0 Å². The number of likely N-dealkylation sites (N-methyl/N-ethyl adjacent to an activating group) is 1. The zero-order valence-corrected chi connectivity index (χ0v) is 8.12. The van der Waals surface area contributed by atoms with Gasteiger partial charge in [-0.15, -0.1) is 0 Å². The molecule has 15 heavy (non-hydrogen) atoms. The molecule has 1 heterocycles. The lowest BCUT2D eigenvalue weighted by Gasteiger charge is -2.13. The smallest absolute Gasteiger partial charge is 0.328 e. The Morgan fingerprint density at radius 1 is 1.47 bits per heavy atom. The molecule has 0 aliphatic carbocycles. The summed E-state index contributed by atoms with van der Waals surface area (Å²) in [4.78, 5) is 26.7. The first-order chi connectivity index (χ1) is 7.11. The molecule has 0 unspecified atom stereocenters. The molecular weight excluding hydrogens is 196 g/mol. The van der Waals surface area contributed by atoms with Crippen LogP contribution in [0.3, 0.4) is 0 Å². The van der Waals surface area contributed by atoms with Crippen molar-refractivity contribution in [2.45, 2.75) is 0 Å². The van der Waals surface area contributed by atoms with Crippen LogP contribution >= 0.6 is 0 Å². The molecule has 0 spiro atoms. The minimum absolute atomic E-state index is 0.412. The quantitative estimate of drug-likeness (QED) is 0.738. The summed E-state index contributed by atoms with van der Waals surface area (Å²) in [6.07, 6.45) is 4.91. The van der Waals surface area contributed by atoms with Gasteiger partial charge in [0, 0.05) is 25.4 Å². The van der Waals surface area contributed by atoms with E-state index in [0.717, 1.165) is 12.2 Å². The summed E-state index contributed by atoms with van der Waals surface area (Å²) in [5, 5.41) is 8.34. The summed E-state index contributed by atoms with van der Waals surface area (Å²) in [6, 6.07) is 3.40. The van der Waals surface area contributed by atoms with E-state index in [0.29, 0.717) is 5.69 Å². The van der Waals surface area contributed by atoms with Gasteiger partial charge in [-0.2, -0.15) is 0 Å². The first kappa shape index (κ1) is 10.9. The highest BCUT2D eigenvalue weighted by molar-refractivity contribution is 6.03. The molecule has 0 saturated carbocycles. The van der Waals surface area contributed by atoms with Crippen molar-refractivity contribution < 1.29 is 14.7 Å². The summed E-state index contributed by atoms with van der Waals surface area (Å²) >= 11 is 0. The van der Waals surface area contributed by atoms with Crippen molar-refractivity contribution in [2.75, 3.05) is 11.9 Å². The van der Waals surface area contributed by atoms with Gasteiger partial charge in [0.15, 0.2) is 0 Å². The van der Waals surface area contributed by atoms with Crippen molar-refractivity contribution in [2.24, 2.45) is 0 Å². The number of carbonyl (C=O) groups excluding carboxylic acids is 1. The van der Waals surface area contributed by atoms with Crippen molar-refractivity contribution in [1.82, 2.24) is 4.98 Å². The lowest BCUT2D eigenvalue weighted by molar-refractivity contribution is -0.131. The van der Waals surface area contributed by atoms with Gasteiger partial charge in [-0.1, -0.05) is 0 Å². The summed E-state index contributed by atoms with van der Waals surface area (Å²) < 4.78 is 0. The van der Waals surface area contributed by atoms with Gasteiger partial charge in [0.05, 0.1) is 11.9 Å². The molecule has 0 aliphatic heterocycles. The lowest BCUT2D eigenvalue weighted by Crippen LogP contribution is -2.24. The van der Waals surface area contributed by atoms with Crippen molar-refractivity contribution in [3.8, 4) is 0 Å². The molecule has 0 saturated heterocycles. The SMILES string of the molecule is CN(C(=O)/C=C\C(=O)O)c1cccnc1. The first-order valence-electron chi connectivity index (χ1n) is 4.20. The highest BCUT2D eigenvalue weighted by Crippen LogP contribution is 2.09. The molecule has 0 aliphatic rings. The Morgan fingerprint density at radius 2 is 2.20 bits per heavy atom. The van der Waals surface area contributed by atoms with Crippen LogP contribution in [0.2, 0.25) is 0 Å². The van der Waals surface area contributed by atoms with E-state index >= 15 is 0 Å². The molecule has 0 aromatic carbocycles. The third-order valence-corrected chi connectivity index (χ3v) is 1.73. The Hall–Kier alpha value is -2.17. The molecule has 5 nitrogen and oxygen atoms in total. The van der Waals surface area contributed by atoms with Gasteiger partial charge in [-0.25, -0.2) is 4.79 Å². The Kier molecular flexibility index (Phi) is 3.56. The van der Waals surface area contributed by atoms with Crippen molar-refractivity contribution in [1.29, 1.82) is 0 Å². The minimum atomic E-state index is -1.15. The van der Waals surface area contributed by atoms with Gasteiger partial charge in [-0.05, 0) is 12.1 Å². The Bertz CT molecular complexity index is 387. The number of amides is 1. The Morgan fingerprint density at radius 3 is 2.73 bits per heavy atom. The fraction of sp³-hybridized carbons (Fsp3) is 0.100. The summed E-state index contributed by atoms with van der Waals surface area (Å²) in [7, 11) is 1.55. The molecule has 1 aromatic rings. The van der Waals surface area contributed by atoms with Crippen LogP contribution in [0.15, 0.2) is 36.7 Å². The van der Waals surface area contributed by atoms with Crippen LogP contribution in [-0.2, 0) is 9.59 Å². The number of pyridine rings is 1. The fourth-order valence-corrected chi connectivity index (χ4v) is 0.934. The number of rotatable bonds is 3. The maximum Gasteiger partial charge on any atom is 0.328 e. The number of carboxylic acid groups (broad SMARTS) is 1. The first-order valence-corrected chi connectivity index (χ1v) is 4.20. The molecule has 0 radical (unpaired) electrons. The van der Waals surface area contributed by atoms with E-state index in [4.69, 9.17) is 5.11 Å². The summed E-state index contributed by atoms with van der Waals surface area (Å²) in [5.41, 5.74) is 0.609.